The summed E-state index contributed by atoms with van der Waals surface area (Å²) in [5.41, 5.74) is 0.378. The summed E-state index contributed by atoms with van der Waals surface area (Å²) in [6, 6.07) is 9.74. The van der Waals surface area contributed by atoms with E-state index in [1.165, 1.54) is 0 Å². The van der Waals surface area contributed by atoms with Crippen molar-refractivity contribution in [2.24, 2.45) is 11.3 Å². The van der Waals surface area contributed by atoms with Crippen LogP contribution in [0.3, 0.4) is 0 Å². The Balaban J connectivity index is 1.71. The highest BCUT2D eigenvalue weighted by Gasteiger charge is 2.66. The van der Waals surface area contributed by atoms with Crippen LogP contribution in [0.15, 0.2) is 30.3 Å². The minimum Gasteiger partial charge on any atom is -0.334 e. The molecule has 1 spiro atoms. The number of imide groups is 1. The van der Waals surface area contributed by atoms with Crippen LogP contribution in [0.5, 0.6) is 0 Å². The Bertz CT molecular complexity index is 657. The van der Waals surface area contributed by atoms with E-state index in [-0.39, 0.29) is 30.2 Å². The average molecular weight is 298 g/mol. The zero-order valence-corrected chi connectivity index (χ0v) is 12.2. The van der Waals surface area contributed by atoms with Crippen LogP contribution in [0, 0.1) is 11.3 Å². The van der Waals surface area contributed by atoms with Gasteiger partial charge in [0.05, 0.1) is 11.3 Å². The second kappa shape index (κ2) is 4.66. The monoisotopic (exact) mass is 298 g/mol. The third kappa shape index (κ3) is 1.68. The van der Waals surface area contributed by atoms with Crippen molar-refractivity contribution in [1.82, 2.24) is 10.2 Å². The zero-order chi connectivity index (χ0) is 15.3. The molecule has 1 aromatic carbocycles. The van der Waals surface area contributed by atoms with Crippen LogP contribution in [0.2, 0.25) is 0 Å². The molecule has 4 rings (SSSR count). The Morgan fingerprint density at radius 2 is 1.95 bits per heavy atom. The summed E-state index contributed by atoms with van der Waals surface area (Å²) in [6.07, 6.45) is 2.63. The molecule has 3 amide bonds. The van der Waals surface area contributed by atoms with Crippen LogP contribution >= 0.6 is 0 Å². The highest BCUT2D eigenvalue weighted by Crippen LogP contribution is 2.55. The number of likely N-dealkylation sites (tertiary alicyclic amines) is 1. The minimum atomic E-state index is -0.681. The highest BCUT2D eigenvalue weighted by atomic mass is 16.2. The van der Waals surface area contributed by atoms with Gasteiger partial charge in [-0.15, -0.1) is 0 Å². The predicted octanol–water partition coefficient (Wildman–Crippen LogP) is 1.23. The molecule has 1 aromatic rings. The Kier molecular flexibility index (Phi) is 2.86. The lowest BCUT2D eigenvalue weighted by Gasteiger charge is -2.35. The van der Waals surface area contributed by atoms with Gasteiger partial charge in [0.15, 0.2) is 0 Å². The number of carbonyl (C=O) groups excluding carboxylic acids is 3. The number of hydrogen-bond donors (Lipinski definition) is 1. The molecule has 0 unspecified atom stereocenters. The molecule has 0 aromatic heterocycles. The number of carbonyl (C=O) groups is 3. The normalized spacial score (nSPS) is 33.6. The van der Waals surface area contributed by atoms with Crippen molar-refractivity contribution in [2.45, 2.75) is 38.3 Å². The molecule has 2 saturated heterocycles. The summed E-state index contributed by atoms with van der Waals surface area (Å²) < 4.78 is 0. The van der Waals surface area contributed by atoms with Crippen molar-refractivity contribution in [2.75, 3.05) is 0 Å². The van der Waals surface area contributed by atoms with Crippen molar-refractivity contribution in [1.29, 1.82) is 0 Å². The summed E-state index contributed by atoms with van der Waals surface area (Å²) in [4.78, 5) is 38.9. The van der Waals surface area contributed by atoms with Gasteiger partial charge in [-0.1, -0.05) is 36.8 Å². The predicted molar refractivity (Wildman–Crippen MR) is 78.3 cm³/mol. The Morgan fingerprint density at radius 1 is 1.18 bits per heavy atom. The Labute approximate surface area is 128 Å². The number of benzene rings is 1. The number of amides is 3. The van der Waals surface area contributed by atoms with Crippen LogP contribution in [0.25, 0.3) is 0 Å². The lowest BCUT2D eigenvalue weighted by molar-refractivity contribution is -0.148. The van der Waals surface area contributed by atoms with E-state index in [2.05, 4.69) is 5.32 Å². The molecule has 1 aliphatic carbocycles. The van der Waals surface area contributed by atoms with Gasteiger partial charge < -0.3 is 4.90 Å². The molecular formula is C17H18N2O3. The first-order chi connectivity index (χ1) is 10.6. The zero-order valence-electron chi connectivity index (χ0n) is 12.2. The first kappa shape index (κ1) is 13.5. The maximum atomic E-state index is 12.8. The quantitative estimate of drug-likeness (QED) is 0.835. The van der Waals surface area contributed by atoms with E-state index >= 15 is 0 Å². The molecule has 5 heteroatoms. The van der Waals surface area contributed by atoms with Gasteiger partial charge >= 0.3 is 0 Å². The maximum absolute atomic E-state index is 12.8. The standard InChI is InChI=1S/C17H18N2O3/c20-14-9-12-15(21)19(10-11-5-2-1-3-6-11)13-7-4-8-17(12,13)16(22)18-14/h1-3,5-6,12-13H,4,7-10H2,(H,18,20,22)/t12-,13+,17+/m1/s1. The van der Waals surface area contributed by atoms with Crippen LogP contribution < -0.4 is 5.32 Å². The lowest BCUT2D eigenvalue weighted by atomic mass is 9.70. The second-order valence-electron chi connectivity index (χ2n) is 6.53. The number of rotatable bonds is 2. The Hall–Kier alpha value is -2.17. The number of nitrogens with zero attached hydrogens (tertiary/aromatic N) is 1. The van der Waals surface area contributed by atoms with Crippen molar-refractivity contribution in [3.63, 3.8) is 0 Å². The fourth-order valence-corrected chi connectivity index (χ4v) is 4.57. The van der Waals surface area contributed by atoms with Gasteiger partial charge in [0.25, 0.3) is 0 Å². The molecule has 0 radical (unpaired) electrons. The van der Waals surface area contributed by atoms with Crippen LogP contribution in [0.1, 0.15) is 31.2 Å². The summed E-state index contributed by atoms with van der Waals surface area (Å²) in [5, 5.41) is 2.46. The van der Waals surface area contributed by atoms with Gasteiger partial charge in [-0.3, -0.25) is 19.7 Å². The molecule has 114 valence electrons. The van der Waals surface area contributed by atoms with Gasteiger partial charge in [-0.25, -0.2) is 0 Å². The highest BCUT2D eigenvalue weighted by molar-refractivity contribution is 6.07. The SMILES string of the molecule is O=C1C[C@@H]2C(=O)N(Cc3ccccc3)[C@H]3CCC[C@]23C(=O)N1. The number of hydrogen-bond acceptors (Lipinski definition) is 3. The molecule has 3 aliphatic rings. The van der Waals surface area contributed by atoms with Crippen LogP contribution in [-0.2, 0) is 20.9 Å². The maximum Gasteiger partial charge on any atom is 0.235 e. The summed E-state index contributed by atoms with van der Waals surface area (Å²) >= 11 is 0. The largest absolute Gasteiger partial charge is 0.334 e. The smallest absolute Gasteiger partial charge is 0.235 e. The fraction of sp³-hybridized carbons (Fsp3) is 0.471. The molecule has 0 bridgehead atoms. The second-order valence-corrected chi connectivity index (χ2v) is 6.53. The lowest BCUT2D eigenvalue weighted by Crippen LogP contribution is -2.55. The van der Waals surface area contributed by atoms with E-state index in [1.54, 1.807) is 0 Å². The van der Waals surface area contributed by atoms with E-state index < -0.39 is 11.3 Å². The molecule has 5 nitrogen and oxygen atoms in total. The molecule has 1 N–H and O–H groups in total. The first-order valence-electron chi connectivity index (χ1n) is 7.81. The van der Waals surface area contributed by atoms with Gasteiger partial charge in [-0.05, 0) is 18.4 Å². The molecule has 22 heavy (non-hydrogen) atoms. The van der Waals surface area contributed by atoms with Crippen molar-refractivity contribution >= 4 is 17.7 Å². The minimum absolute atomic E-state index is 0.0308. The molecular weight excluding hydrogens is 280 g/mol. The fourth-order valence-electron chi connectivity index (χ4n) is 4.57. The van der Waals surface area contributed by atoms with Crippen LogP contribution in [-0.4, -0.2) is 28.7 Å². The van der Waals surface area contributed by atoms with E-state index in [0.29, 0.717) is 13.0 Å². The van der Waals surface area contributed by atoms with E-state index in [0.717, 1.165) is 18.4 Å². The summed E-state index contributed by atoms with van der Waals surface area (Å²) in [5.74, 6) is -1.05. The van der Waals surface area contributed by atoms with Crippen molar-refractivity contribution in [3.8, 4) is 0 Å². The van der Waals surface area contributed by atoms with E-state index in [1.807, 2.05) is 35.2 Å². The van der Waals surface area contributed by atoms with E-state index in [9.17, 15) is 14.4 Å². The molecule has 3 atom stereocenters. The Morgan fingerprint density at radius 3 is 2.73 bits per heavy atom. The van der Waals surface area contributed by atoms with Gasteiger partial charge in [0.2, 0.25) is 17.7 Å². The molecule has 2 heterocycles. The molecule has 3 fully saturated rings. The van der Waals surface area contributed by atoms with Gasteiger partial charge in [0.1, 0.15) is 0 Å². The molecule has 2 aliphatic heterocycles. The third-order valence-electron chi connectivity index (χ3n) is 5.50. The van der Waals surface area contributed by atoms with Gasteiger partial charge in [-0.2, -0.15) is 0 Å². The summed E-state index contributed by atoms with van der Waals surface area (Å²) in [6.45, 7) is 0.518. The third-order valence-corrected chi connectivity index (χ3v) is 5.50. The summed E-state index contributed by atoms with van der Waals surface area (Å²) in [7, 11) is 0. The first-order valence-corrected chi connectivity index (χ1v) is 7.81. The van der Waals surface area contributed by atoms with Crippen LogP contribution in [0.4, 0.5) is 0 Å². The van der Waals surface area contributed by atoms with Gasteiger partial charge in [0, 0.05) is 19.0 Å². The number of piperidine rings is 1. The topological polar surface area (TPSA) is 66.5 Å². The van der Waals surface area contributed by atoms with Crippen molar-refractivity contribution < 1.29 is 14.4 Å². The average Bonchev–Trinajstić information content (AvgIpc) is 3.02. The number of nitrogens with one attached hydrogen (secondary N) is 1. The van der Waals surface area contributed by atoms with Crippen molar-refractivity contribution in [3.05, 3.63) is 35.9 Å². The van der Waals surface area contributed by atoms with E-state index in [4.69, 9.17) is 0 Å². The molecule has 1 saturated carbocycles.